The SMILES string of the molecule is OC(Cn1ccnc1-c1cccnc1)c1ccccc1Cl. The third kappa shape index (κ3) is 2.96. The zero-order chi connectivity index (χ0) is 14.7. The van der Waals surface area contributed by atoms with Crippen LogP contribution in [0.4, 0.5) is 0 Å². The zero-order valence-electron chi connectivity index (χ0n) is 11.2. The molecule has 0 spiro atoms. The number of halogens is 1. The molecule has 3 rings (SSSR count). The van der Waals surface area contributed by atoms with Crippen molar-refractivity contribution in [2.75, 3.05) is 0 Å². The van der Waals surface area contributed by atoms with E-state index in [4.69, 9.17) is 11.6 Å². The number of pyridine rings is 1. The van der Waals surface area contributed by atoms with E-state index in [0.717, 1.165) is 11.4 Å². The Morgan fingerprint density at radius 2 is 2.00 bits per heavy atom. The van der Waals surface area contributed by atoms with Gasteiger partial charge in [0.1, 0.15) is 5.82 Å². The molecular formula is C16H14ClN3O. The van der Waals surface area contributed by atoms with E-state index < -0.39 is 6.10 Å². The van der Waals surface area contributed by atoms with Gasteiger partial charge in [0.05, 0.1) is 12.6 Å². The predicted octanol–water partition coefficient (Wildman–Crippen LogP) is 3.33. The lowest BCUT2D eigenvalue weighted by Gasteiger charge is -2.15. The summed E-state index contributed by atoms with van der Waals surface area (Å²) in [7, 11) is 0. The molecule has 1 unspecified atom stereocenters. The van der Waals surface area contributed by atoms with Gasteiger partial charge in [-0.2, -0.15) is 0 Å². The van der Waals surface area contributed by atoms with Crippen LogP contribution < -0.4 is 0 Å². The number of hydrogen-bond donors (Lipinski definition) is 1. The molecular weight excluding hydrogens is 286 g/mol. The van der Waals surface area contributed by atoms with Crippen molar-refractivity contribution in [3.05, 3.63) is 71.8 Å². The smallest absolute Gasteiger partial charge is 0.141 e. The summed E-state index contributed by atoms with van der Waals surface area (Å²) in [6, 6.07) is 11.1. The molecule has 0 radical (unpaired) electrons. The standard InChI is InChI=1S/C16H14ClN3O/c17-14-6-2-1-5-13(14)15(21)11-20-9-8-19-16(20)12-4-3-7-18-10-12/h1-10,15,21H,11H2. The van der Waals surface area contributed by atoms with Crippen molar-refractivity contribution in [1.29, 1.82) is 0 Å². The molecule has 2 heterocycles. The maximum atomic E-state index is 10.4. The molecule has 0 fully saturated rings. The van der Waals surface area contributed by atoms with Gasteiger partial charge in [0.2, 0.25) is 0 Å². The first-order chi connectivity index (χ1) is 10.3. The summed E-state index contributed by atoms with van der Waals surface area (Å²) in [5.74, 6) is 0.772. The number of aliphatic hydroxyl groups excluding tert-OH is 1. The van der Waals surface area contributed by atoms with Crippen LogP contribution in [-0.2, 0) is 6.54 Å². The Bertz CT molecular complexity index is 727. The summed E-state index contributed by atoms with van der Waals surface area (Å²) in [4.78, 5) is 8.43. The predicted molar refractivity (Wildman–Crippen MR) is 81.9 cm³/mol. The fourth-order valence-corrected chi connectivity index (χ4v) is 2.50. The summed E-state index contributed by atoms with van der Waals surface area (Å²) in [6.07, 6.45) is 6.32. The van der Waals surface area contributed by atoms with Gasteiger partial charge in [0, 0.05) is 40.9 Å². The molecule has 0 saturated carbocycles. The van der Waals surface area contributed by atoms with E-state index in [1.807, 2.05) is 41.1 Å². The molecule has 2 aromatic heterocycles. The first-order valence-corrected chi connectivity index (χ1v) is 6.97. The van der Waals surface area contributed by atoms with Gasteiger partial charge in [-0.1, -0.05) is 29.8 Å². The minimum atomic E-state index is -0.691. The minimum absolute atomic E-state index is 0.383. The quantitative estimate of drug-likeness (QED) is 0.804. The van der Waals surface area contributed by atoms with Crippen LogP contribution in [-0.4, -0.2) is 19.6 Å². The van der Waals surface area contributed by atoms with Crippen molar-refractivity contribution in [2.24, 2.45) is 0 Å². The molecule has 1 atom stereocenters. The van der Waals surface area contributed by atoms with E-state index in [1.165, 1.54) is 0 Å². The second kappa shape index (κ2) is 6.08. The normalized spacial score (nSPS) is 12.3. The van der Waals surface area contributed by atoms with Crippen LogP contribution in [0.3, 0.4) is 0 Å². The van der Waals surface area contributed by atoms with Crippen molar-refractivity contribution in [1.82, 2.24) is 14.5 Å². The van der Waals surface area contributed by atoms with E-state index >= 15 is 0 Å². The molecule has 21 heavy (non-hydrogen) atoms. The van der Waals surface area contributed by atoms with Crippen molar-refractivity contribution in [3.63, 3.8) is 0 Å². The van der Waals surface area contributed by atoms with Gasteiger partial charge in [-0.3, -0.25) is 4.98 Å². The first-order valence-electron chi connectivity index (χ1n) is 6.60. The van der Waals surface area contributed by atoms with E-state index in [-0.39, 0.29) is 0 Å². The van der Waals surface area contributed by atoms with Gasteiger partial charge >= 0.3 is 0 Å². The fourth-order valence-electron chi connectivity index (χ4n) is 2.24. The van der Waals surface area contributed by atoms with Crippen molar-refractivity contribution in [2.45, 2.75) is 12.6 Å². The number of rotatable bonds is 4. The van der Waals surface area contributed by atoms with Gasteiger partial charge in [-0.15, -0.1) is 0 Å². The first kappa shape index (κ1) is 13.8. The summed E-state index contributed by atoms with van der Waals surface area (Å²) < 4.78 is 1.89. The third-order valence-electron chi connectivity index (χ3n) is 3.27. The van der Waals surface area contributed by atoms with Gasteiger partial charge < -0.3 is 9.67 Å². The summed E-state index contributed by atoms with van der Waals surface area (Å²) >= 11 is 6.12. The largest absolute Gasteiger partial charge is 0.386 e. The fraction of sp³-hybridized carbons (Fsp3) is 0.125. The van der Waals surface area contributed by atoms with Crippen LogP contribution in [0.25, 0.3) is 11.4 Å². The van der Waals surface area contributed by atoms with E-state index in [0.29, 0.717) is 17.1 Å². The Morgan fingerprint density at radius 3 is 2.76 bits per heavy atom. The van der Waals surface area contributed by atoms with Gasteiger partial charge in [-0.25, -0.2) is 4.98 Å². The highest BCUT2D eigenvalue weighted by Gasteiger charge is 2.14. The lowest BCUT2D eigenvalue weighted by atomic mass is 10.1. The molecule has 0 bridgehead atoms. The Kier molecular flexibility index (Phi) is 3.99. The number of aromatic nitrogens is 3. The molecule has 0 amide bonds. The average molecular weight is 300 g/mol. The number of aliphatic hydroxyl groups is 1. The number of nitrogens with zero attached hydrogens (tertiary/aromatic N) is 3. The second-order valence-corrected chi connectivity index (χ2v) is 5.09. The van der Waals surface area contributed by atoms with Gasteiger partial charge in [0.25, 0.3) is 0 Å². The zero-order valence-corrected chi connectivity index (χ0v) is 12.0. The second-order valence-electron chi connectivity index (χ2n) is 4.68. The number of imidazole rings is 1. The lowest BCUT2D eigenvalue weighted by Crippen LogP contribution is -2.09. The maximum Gasteiger partial charge on any atom is 0.141 e. The van der Waals surface area contributed by atoms with Crippen LogP contribution >= 0.6 is 11.6 Å². The molecule has 1 aromatic carbocycles. The van der Waals surface area contributed by atoms with E-state index in [9.17, 15) is 5.11 Å². The van der Waals surface area contributed by atoms with Crippen LogP contribution in [0.5, 0.6) is 0 Å². The van der Waals surface area contributed by atoms with Gasteiger partial charge in [-0.05, 0) is 18.2 Å². The Balaban J connectivity index is 1.87. The molecule has 4 nitrogen and oxygen atoms in total. The minimum Gasteiger partial charge on any atom is -0.386 e. The highest BCUT2D eigenvalue weighted by Crippen LogP contribution is 2.25. The van der Waals surface area contributed by atoms with Crippen LogP contribution in [0.1, 0.15) is 11.7 Å². The van der Waals surface area contributed by atoms with Crippen LogP contribution in [0, 0.1) is 0 Å². The summed E-state index contributed by atoms with van der Waals surface area (Å²) in [6.45, 7) is 0.383. The number of benzene rings is 1. The topological polar surface area (TPSA) is 50.9 Å². The molecule has 0 saturated heterocycles. The van der Waals surface area contributed by atoms with E-state index in [2.05, 4.69) is 9.97 Å². The molecule has 3 aromatic rings. The van der Waals surface area contributed by atoms with Crippen LogP contribution in [0.15, 0.2) is 61.2 Å². The Morgan fingerprint density at radius 1 is 1.14 bits per heavy atom. The van der Waals surface area contributed by atoms with Crippen molar-refractivity contribution < 1.29 is 5.11 Å². The van der Waals surface area contributed by atoms with E-state index in [1.54, 1.807) is 24.7 Å². The summed E-state index contributed by atoms with van der Waals surface area (Å²) in [5.41, 5.74) is 1.62. The third-order valence-corrected chi connectivity index (χ3v) is 3.61. The number of hydrogen-bond acceptors (Lipinski definition) is 3. The van der Waals surface area contributed by atoms with Gasteiger partial charge in [0.15, 0.2) is 0 Å². The van der Waals surface area contributed by atoms with Crippen LogP contribution in [0.2, 0.25) is 5.02 Å². The summed E-state index contributed by atoms with van der Waals surface area (Å²) in [5, 5.41) is 11.0. The molecule has 1 N–H and O–H groups in total. The van der Waals surface area contributed by atoms with Crippen molar-refractivity contribution >= 4 is 11.6 Å². The van der Waals surface area contributed by atoms with Crippen molar-refractivity contribution in [3.8, 4) is 11.4 Å². The highest BCUT2D eigenvalue weighted by atomic mass is 35.5. The maximum absolute atomic E-state index is 10.4. The molecule has 5 heteroatoms. The molecule has 0 aliphatic carbocycles. The Hall–Kier alpha value is -2.17. The average Bonchev–Trinajstić information content (AvgIpc) is 2.96. The molecule has 0 aliphatic heterocycles. The molecule has 106 valence electrons. The highest BCUT2D eigenvalue weighted by molar-refractivity contribution is 6.31. The molecule has 0 aliphatic rings. The Labute approximate surface area is 127 Å². The monoisotopic (exact) mass is 299 g/mol. The lowest BCUT2D eigenvalue weighted by molar-refractivity contribution is 0.157.